The number of carbonyl (C=O) groups excluding carboxylic acids is 2. The second-order valence-electron chi connectivity index (χ2n) is 5.17. The fourth-order valence-corrected chi connectivity index (χ4v) is 2.26. The second-order valence-corrected chi connectivity index (χ2v) is 5.61. The summed E-state index contributed by atoms with van der Waals surface area (Å²) in [5.41, 5.74) is 1.96. The van der Waals surface area contributed by atoms with Gasteiger partial charge in [0.1, 0.15) is 11.7 Å². The molecule has 0 bridgehead atoms. The average molecular weight is 327 g/mol. The largest absolute Gasteiger partial charge is 0.325 e. The quantitative estimate of drug-likeness (QED) is 0.853. The molecule has 0 heterocycles. The molecule has 0 aliphatic heterocycles. The number of hydrogen-bond donors (Lipinski definition) is 1. The van der Waals surface area contributed by atoms with Crippen molar-refractivity contribution in [2.24, 2.45) is 5.92 Å². The smallest absolute Gasteiger partial charge is 0.235 e. The monoisotopic (exact) mass is 326 g/mol. The molecular formula is C18H15ClN2O2. The van der Waals surface area contributed by atoms with Crippen LogP contribution in [0.4, 0.5) is 5.69 Å². The number of nitriles is 1. The van der Waals surface area contributed by atoms with Gasteiger partial charge in [0.2, 0.25) is 5.91 Å². The molecule has 0 aliphatic carbocycles. The first-order valence-electron chi connectivity index (χ1n) is 7.05. The van der Waals surface area contributed by atoms with Crippen LogP contribution >= 0.6 is 11.6 Å². The van der Waals surface area contributed by atoms with Crippen LogP contribution in [0.25, 0.3) is 0 Å². The minimum atomic E-state index is -0.779. The maximum atomic E-state index is 12.3. The van der Waals surface area contributed by atoms with Crippen LogP contribution in [0, 0.1) is 17.2 Å². The van der Waals surface area contributed by atoms with Gasteiger partial charge in [-0.25, -0.2) is 0 Å². The lowest BCUT2D eigenvalue weighted by molar-refractivity contribution is -0.129. The Hall–Kier alpha value is -2.64. The van der Waals surface area contributed by atoms with Crippen LogP contribution in [-0.4, -0.2) is 11.7 Å². The maximum absolute atomic E-state index is 12.3. The molecule has 0 aliphatic rings. The van der Waals surface area contributed by atoms with E-state index in [-0.39, 0.29) is 11.7 Å². The van der Waals surface area contributed by atoms with Crippen molar-refractivity contribution in [3.8, 4) is 6.07 Å². The van der Waals surface area contributed by atoms with Crippen molar-refractivity contribution in [3.05, 3.63) is 64.7 Å². The summed E-state index contributed by atoms with van der Waals surface area (Å²) in [7, 11) is 0. The third kappa shape index (κ3) is 4.67. The Balaban J connectivity index is 2.10. The predicted molar refractivity (Wildman–Crippen MR) is 89.1 cm³/mol. The van der Waals surface area contributed by atoms with E-state index in [1.165, 1.54) is 6.92 Å². The topological polar surface area (TPSA) is 70.0 Å². The summed E-state index contributed by atoms with van der Waals surface area (Å²) in [5, 5.41) is 12.1. The molecule has 2 rings (SSSR count). The van der Waals surface area contributed by atoms with E-state index in [0.717, 1.165) is 5.56 Å². The average Bonchev–Trinajstić information content (AvgIpc) is 2.55. The fraction of sp³-hybridized carbons (Fsp3) is 0.167. The van der Waals surface area contributed by atoms with Gasteiger partial charge >= 0.3 is 0 Å². The number of nitrogens with zero attached hydrogens (tertiary/aromatic N) is 1. The van der Waals surface area contributed by atoms with Crippen LogP contribution in [0.15, 0.2) is 48.5 Å². The van der Waals surface area contributed by atoms with Crippen molar-refractivity contribution in [1.29, 1.82) is 5.26 Å². The van der Waals surface area contributed by atoms with Crippen LogP contribution in [0.5, 0.6) is 0 Å². The second kappa shape index (κ2) is 7.57. The number of nitrogens with one attached hydrogen (secondary N) is 1. The lowest BCUT2D eigenvalue weighted by atomic mass is 9.94. The zero-order valence-corrected chi connectivity index (χ0v) is 13.3. The first-order chi connectivity index (χ1) is 11.0. The molecule has 0 radical (unpaired) electrons. The van der Waals surface area contributed by atoms with Gasteiger partial charge in [-0.15, -0.1) is 0 Å². The molecule has 1 atom stereocenters. The number of hydrogen-bond acceptors (Lipinski definition) is 3. The number of halogens is 1. The summed E-state index contributed by atoms with van der Waals surface area (Å²) in [6.07, 6.45) is 0.292. The summed E-state index contributed by atoms with van der Waals surface area (Å²) in [6, 6.07) is 15.6. The molecular weight excluding hydrogens is 312 g/mol. The van der Waals surface area contributed by atoms with E-state index in [1.807, 2.05) is 6.07 Å². The number of rotatable bonds is 5. The van der Waals surface area contributed by atoms with Gasteiger partial charge in [-0.1, -0.05) is 23.7 Å². The molecule has 23 heavy (non-hydrogen) atoms. The first-order valence-corrected chi connectivity index (χ1v) is 7.43. The van der Waals surface area contributed by atoms with Gasteiger partial charge in [0, 0.05) is 10.7 Å². The number of ketones is 1. The van der Waals surface area contributed by atoms with Crippen LogP contribution in [-0.2, 0) is 16.0 Å². The van der Waals surface area contributed by atoms with E-state index >= 15 is 0 Å². The number of benzene rings is 2. The molecule has 0 aromatic heterocycles. The summed E-state index contributed by atoms with van der Waals surface area (Å²) in [6.45, 7) is 1.40. The van der Waals surface area contributed by atoms with Gasteiger partial charge in [0.05, 0.1) is 11.6 Å². The Morgan fingerprint density at radius 2 is 1.74 bits per heavy atom. The van der Waals surface area contributed by atoms with Gasteiger partial charge in [-0.05, 0) is 55.3 Å². The molecule has 0 saturated heterocycles. The van der Waals surface area contributed by atoms with Crippen LogP contribution < -0.4 is 5.32 Å². The SMILES string of the molecule is CC(=O)[C@H](Cc1ccc(C#N)cc1)C(=O)Nc1ccc(Cl)cc1. The van der Waals surface area contributed by atoms with E-state index < -0.39 is 5.92 Å². The van der Waals surface area contributed by atoms with Gasteiger partial charge in [-0.3, -0.25) is 9.59 Å². The van der Waals surface area contributed by atoms with E-state index in [0.29, 0.717) is 22.7 Å². The van der Waals surface area contributed by atoms with Crippen molar-refractivity contribution in [2.75, 3.05) is 5.32 Å². The molecule has 1 N–H and O–H groups in total. The molecule has 0 unspecified atom stereocenters. The van der Waals surface area contributed by atoms with E-state index in [9.17, 15) is 9.59 Å². The maximum Gasteiger partial charge on any atom is 0.235 e. The Kier molecular flexibility index (Phi) is 5.51. The lowest BCUT2D eigenvalue weighted by Gasteiger charge is -2.14. The molecule has 4 nitrogen and oxygen atoms in total. The standard InChI is InChI=1S/C18H15ClN2O2/c1-12(22)17(10-13-2-4-14(11-20)5-3-13)18(23)21-16-8-6-15(19)7-9-16/h2-9,17H,10H2,1H3,(H,21,23)/t17-/m0/s1. The van der Waals surface area contributed by atoms with E-state index in [4.69, 9.17) is 16.9 Å². The minimum absolute atomic E-state index is 0.208. The third-order valence-corrected chi connectivity index (χ3v) is 3.69. The molecule has 0 fully saturated rings. The Morgan fingerprint density at radius 1 is 1.13 bits per heavy atom. The molecule has 0 saturated carbocycles. The van der Waals surface area contributed by atoms with Crippen molar-refractivity contribution in [2.45, 2.75) is 13.3 Å². The number of anilines is 1. The van der Waals surface area contributed by atoms with Crippen molar-refractivity contribution >= 4 is 29.0 Å². The van der Waals surface area contributed by atoms with Gasteiger partial charge in [0.25, 0.3) is 0 Å². The Bertz CT molecular complexity index is 746. The number of amides is 1. The predicted octanol–water partition coefficient (Wildman–Crippen LogP) is 3.60. The summed E-state index contributed by atoms with van der Waals surface area (Å²) in [5.74, 6) is -1.34. The van der Waals surface area contributed by atoms with Gasteiger partial charge in [-0.2, -0.15) is 5.26 Å². The van der Waals surface area contributed by atoms with Crippen LogP contribution in [0.3, 0.4) is 0 Å². The fourth-order valence-electron chi connectivity index (χ4n) is 2.13. The number of carbonyl (C=O) groups is 2. The van der Waals surface area contributed by atoms with Crippen molar-refractivity contribution in [1.82, 2.24) is 0 Å². The highest BCUT2D eigenvalue weighted by molar-refractivity contribution is 6.30. The minimum Gasteiger partial charge on any atom is -0.325 e. The molecule has 0 spiro atoms. The van der Waals surface area contributed by atoms with Crippen LogP contribution in [0.2, 0.25) is 5.02 Å². The molecule has 5 heteroatoms. The Labute approximate surface area is 139 Å². The highest BCUT2D eigenvalue weighted by Crippen LogP contribution is 2.17. The molecule has 116 valence electrons. The lowest BCUT2D eigenvalue weighted by Crippen LogP contribution is -2.30. The first kappa shape index (κ1) is 16.7. The summed E-state index contributed by atoms with van der Waals surface area (Å²) < 4.78 is 0. The highest BCUT2D eigenvalue weighted by Gasteiger charge is 2.23. The van der Waals surface area contributed by atoms with Crippen molar-refractivity contribution < 1.29 is 9.59 Å². The van der Waals surface area contributed by atoms with Crippen molar-refractivity contribution in [3.63, 3.8) is 0 Å². The Morgan fingerprint density at radius 3 is 2.26 bits per heavy atom. The molecule has 1 amide bonds. The highest BCUT2D eigenvalue weighted by atomic mass is 35.5. The molecule has 2 aromatic carbocycles. The van der Waals surface area contributed by atoms with Crippen LogP contribution in [0.1, 0.15) is 18.1 Å². The van der Waals surface area contributed by atoms with E-state index in [2.05, 4.69) is 5.32 Å². The van der Waals surface area contributed by atoms with Gasteiger partial charge < -0.3 is 5.32 Å². The van der Waals surface area contributed by atoms with Gasteiger partial charge in [0.15, 0.2) is 0 Å². The molecule has 2 aromatic rings. The normalized spacial score (nSPS) is 11.3. The zero-order chi connectivity index (χ0) is 16.8. The summed E-state index contributed by atoms with van der Waals surface area (Å²) >= 11 is 5.80. The number of Topliss-reactive ketones (excluding diaryl/α,β-unsaturated/α-hetero) is 1. The zero-order valence-electron chi connectivity index (χ0n) is 12.5. The summed E-state index contributed by atoms with van der Waals surface area (Å²) in [4.78, 5) is 24.2. The third-order valence-electron chi connectivity index (χ3n) is 3.44. The van der Waals surface area contributed by atoms with E-state index in [1.54, 1.807) is 48.5 Å².